The van der Waals surface area contributed by atoms with Gasteiger partial charge in [-0.2, -0.15) is 0 Å². The van der Waals surface area contributed by atoms with E-state index in [2.05, 4.69) is 5.16 Å². The molecule has 24 heavy (non-hydrogen) atoms. The number of phenols is 1. The third kappa shape index (κ3) is 3.24. The molecule has 0 bridgehead atoms. The summed E-state index contributed by atoms with van der Waals surface area (Å²) in [7, 11) is 0. The maximum absolute atomic E-state index is 12.6. The van der Waals surface area contributed by atoms with Gasteiger partial charge in [0.25, 0.3) is 5.91 Å². The number of benzene rings is 1. The summed E-state index contributed by atoms with van der Waals surface area (Å²) in [5, 5.41) is 13.6. The summed E-state index contributed by atoms with van der Waals surface area (Å²) < 4.78 is 10.2. The molecule has 7 nitrogen and oxygen atoms in total. The summed E-state index contributed by atoms with van der Waals surface area (Å²) in [5.41, 5.74) is 0.890. The molecule has 1 N–H and O–H groups in total. The van der Waals surface area contributed by atoms with E-state index in [4.69, 9.17) is 9.26 Å². The maximum Gasteiger partial charge on any atom is 0.329 e. The molecule has 1 aromatic carbocycles. The Morgan fingerprint density at radius 1 is 1.42 bits per heavy atom. The fourth-order valence-electron chi connectivity index (χ4n) is 2.79. The lowest BCUT2D eigenvalue weighted by molar-refractivity contribution is -0.150. The number of hydrogen-bond acceptors (Lipinski definition) is 6. The van der Waals surface area contributed by atoms with Crippen LogP contribution >= 0.6 is 0 Å². The Bertz CT molecular complexity index is 755. The number of carbonyl (C=O) groups is 2. The first kappa shape index (κ1) is 16.0. The first-order valence-corrected chi connectivity index (χ1v) is 7.74. The Morgan fingerprint density at radius 2 is 2.21 bits per heavy atom. The fraction of sp³-hybridized carbons (Fsp3) is 0.353. The SMILES string of the molecule is Cc1cc(COC(=O)[C@@H]2CCCN2C(=O)c2ccccc2O)on1. The van der Waals surface area contributed by atoms with Crippen LogP contribution in [0.15, 0.2) is 34.9 Å². The zero-order chi connectivity index (χ0) is 17.1. The molecule has 0 radical (unpaired) electrons. The number of para-hydroxylation sites is 1. The Morgan fingerprint density at radius 3 is 2.92 bits per heavy atom. The topological polar surface area (TPSA) is 92.9 Å². The number of hydrogen-bond donors (Lipinski definition) is 1. The summed E-state index contributed by atoms with van der Waals surface area (Å²) in [4.78, 5) is 26.4. The summed E-state index contributed by atoms with van der Waals surface area (Å²) >= 11 is 0. The molecule has 3 rings (SSSR count). The van der Waals surface area contributed by atoms with Crippen molar-refractivity contribution >= 4 is 11.9 Å². The van der Waals surface area contributed by atoms with Crippen molar-refractivity contribution in [3.05, 3.63) is 47.3 Å². The van der Waals surface area contributed by atoms with Crippen molar-refractivity contribution in [3.63, 3.8) is 0 Å². The zero-order valence-corrected chi connectivity index (χ0v) is 13.3. The highest BCUT2D eigenvalue weighted by Crippen LogP contribution is 2.25. The van der Waals surface area contributed by atoms with Crippen molar-refractivity contribution in [2.45, 2.75) is 32.4 Å². The van der Waals surface area contributed by atoms with E-state index in [1.807, 2.05) is 0 Å². The van der Waals surface area contributed by atoms with Crippen LogP contribution < -0.4 is 0 Å². The summed E-state index contributed by atoms with van der Waals surface area (Å²) in [6, 6.07) is 7.33. The predicted molar refractivity (Wildman–Crippen MR) is 83.2 cm³/mol. The van der Waals surface area contributed by atoms with Gasteiger partial charge in [-0.3, -0.25) is 4.79 Å². The second-order valence-electron chi connectivity index (χ2n) is 5.72. The second-order valence-corrected chi connectivity index (χ2v) is 5.72. The molecular weight excluding hydrogens is 312 g/mol. The van der Waals surface area contributed by atoms with Gasteiger partial charge in [0.2, 0.25) is 0 Å². The minimum Gasteiger partial charge on any atom is -0.507 e. The van der Waals surface area contributed by atoms with Gasteiger partial charge < -0.3 is 19.3 Å². The smallest absolute Gasteiger partial charge is 0.329 e. The lowest BCUT2D eigenvalue weighted by Gasteiger charge is -2.23. The fourth-order valence-corrected chi connectivity index (χ4v) is 2.79. The van der Waals surface area contributed by atoms with Crippen LogP contribution in [0.3, 0.4) is 0 Å². The molecule has 2 aromatic rings. The minimum atomic E-state index is -0.652. The highest BCUT2D eigenvalue weighted by Gasteiger charge is 2.36. The number of rotatable bonds is 4. The van der Waals surface area contributed by atoms with E-state index < -0.39 is 12.0 Å². The first-order chi connectivity index (χ1) is 11.6. The Hall–Kier alpha value is -2.83. The summed E-state index contributed by atoms with van der Waals surface area (Å²) in [6.07, 6.45) is 1.24. The van der Waals surface area contributed by atoms with Crippen molar-refractivity contribution in [2.24, 2.45) is 0 Å². The predicted octanol–water partition coefficient (Wildman–Crippen LogP) is 2.04. The van der Waals surface area contributed by atoms with Gasteiger partial charge in [-0.15, -0.1) is 0 Å². The number of esters is 1. The van der Waals surface area contributed by atoms with Crippen molar-refractivity contribution < 1.29 is 24.0 Å². The number of ether oxygens (including phenoxy) is 1. The highest BCUT2D eigenvalue weighted by atomic mass is 16.6. The lowest BCUT2D eigenvalue weighted by Crippen LogP contribution is -2.41. The molecule has 1 aliphatic rings. The van der Waals surface area contributed by atoms with Gasteiger partial charge in [0.1, 0.15) is 11.8 Å². The molecule has 1 amide bonds. The molecule has 0 spiro atoms. The molecule has 1 atom stereocenters. The van der Waals surface area contributed by atoms with Gasteiger partial charge in [-0.25, -0.2) is 4.79 Å². The molecular formula is C17H18N2O5. The van der Waals surface area contributed by atoms with E-state index in [0.717, 1.165) is 0 Å². The number of likely N-dealkylation sites (tertiary alicyclic amines) is 1. The van der Waals surface area contributed by atoms with Crippen molar-refractivity contribution in [3.8, 4) is 5.75 Å². The van der Waals surface area contributed by atoms with Gasteiger partial charge in [-0.05, 0) is 31.9 Å². The summed E-state index contributed by atoms with van der Waals surface area (Å²) in [6.45, 7) is 2.21. The molecule has 7 heteroatoms. The molecule has 0 unspecified atom stereocenters. The summed E-state index contributed by atoms with van der Waals surface area (Å²) in [5.74, 6) is -0.496. The number of amides is 1. The normalized spacial score (nSPS) is 17.0. The molecule has 1 aromatic heterocycles. The van der Waals surface area contributed by atoms with Gasteiger partial charge in [-0.1, -0.05) is 17.3 Å². The van der Waals surface area contributed by atoms with Crippen LogP contribution in [0, 0.1) is 6.92 Å². The molecule has 1 fully saturated rings. The Balaban J connectivity index is 1.67. The second kappa shape index (κ2) is 6.74. The number of aryl methyl sites for hydroxylation is 1. The third-order valence-corrected chi connectivity index (χ3v) is 3.95. The monoisotopic (exact) mass is 330 g/mol. The van der Waals surface area contributed by atoms with E-state index in [-0.39, 0.29) is 23.8 Å². The van der Waals surface area contributed by atoms with E-state index in [1.165, 1.54) is 17.0 Å². The van der Waals surface area contributed by atoms with Crippen LogP contribution in [-0.2, 0) is 16.1 Å². The Labute approximate surface area is 138 Å². The molecule has 1 saturated heterocycles. The number of carbonyl (C=O) groups excluding carboxylic acids is 2. The van der Waals surface area contributed by atoms with Gasteiger partial charge in [0.15, 0.2) is 12.4 Å². The molecule has 1 aliphatic heterocycles. The number of nitrogens with zero attached hydrogens (tertiary/aromatic N) is 2. The van der Waals surface area contributed by atoms with E-state index in [1.54, 1.807) is 25.1 Å². The number of phenolic OH excluding ortho intramolecular Hbond substituents is 1. The van der Waals surface area contributed by atoms with Crippen molar-refractivity contribution in [1.82, 2.24) is 10.1 Å². The standard InChI is InChI=1S/C17H18N2O5/c1-11-9-12(24-18-11)10-23-17(22)14-6-4-8-19(14)16(21)13-5-2-3-7-15(13)20/h2-3,5,7,9,14,20H,4,6,8,10H2,1H3/t14-/m0/s1. The van der Waals surface area contributed by atoms with E-state index in [0.29, 0.717) is 30.8 Å². The average Bonchev–Trinajstić information content (AvgIpc) is 3.21. The minimum absolute atomic E-state index is 0.0191. The van der Waals surface area contributed by atoms with E-state index >= 15 is 0 Å². The number of aromatic nitrogens is 1. The van der Waals surface area contributed by atoms with Gasteiger partial charge >= 0.3 is 5.97 Å². The molecule has 126 valence electrons. The largest absolute Gasteiger partial charge is 0.507 e. The van der Waals surface area contributed by atoms with Crippen LogP contribution in [0.4, 0.5) is 0 Å². The molecule has 2 heterocycles. The lowest BCUT2D eigenvalue weighted by atomic mass is 10.1. The van der Waals surface area contributed by atoms with Crippen molar-refractivity contribution in [2.75, 3.05) is 6.54 Å². The zero-order valence-electron chi connectivity index (χ0n) is 13.3. The first-order valence-electron chi connectivity index (χ1n) is 7.74. The maximum atomic E-state index is 12.6. The van der Waals surface area contributed by atoms with Crippen LogP contribution in [0.25, 0.3) is 0 Å². The van der Waals surface area contributed by atoms with Crippen LogP contribution in [0.2, 0.25) is 0 Å². The Kier molecular flexibility index (Phi) is 4.50. The van der Waals surface area contributed by atoms with Gasteiger partial charge in [0.05, 0.1) is 11.3 Å². The molecule has 0 saturated carbocycles. The van der Waals surface area contributed by atoms with Crippen LogP contribution in [0.1, 0.15) is 34.7 Å². The molecule has 0 aliphatic carbocycles. The van der Waals surface area contributed by atoms with Crippen LogP contribution in [-0.4, -0.2) is 39.6 Å². The van der Waals surface area contributed by atoms with E-state index in [9.17, 15) is 14.7 Å². The van der Waals surface area contributed by atoms with Crippen molar-refractivity contribution in [1.29, 1.82) is 0 Å². The highest BCUT2D eigenvalue weighted by molar-refractivity contribution is 5.99. The van der Waals surface area contributed by atoms with Gasteiger partial charge in [0, 0.05) is 12.6 Å². The van der Waals surface area contributed by atoms with Crippen LogP contribution in [0.5, 0.6) is 5.75 Å². The third-order valence-electron chi connectivity index (χ3n) is 3.95. The number of aromatic hydroxyl groups is 1. The average molecular weight is 330 g/mol. The quantitative estimate of drug-likeness (QED) is 0.862.